The van der Waals surface area contributed by atoms with Gasteiger partial charge in [-0.15, -0.1) is 0 Å². The van der Waals surface area contributed by atoms with Crippen molar-refractivity contribution in [3.05, 3.63) is 30.2 Å². The second-order valence-corrected chi connectivity index (χ2v) is 5.35. The number of oxazole rings is 1. The minimum atomic E-state index is -0.682. The van der Waals surface area contributed by atoms with Crippen LogP contribution in [-0.2, 0) is 11.3 Å². The molecule has 0 bridgehead atoms. The molecule has 3 rings (SSSR count). The molecular formula is C15H18N2O3. The van der Waals surface area contributed by atoms with Crippen molar-refractivity contribution < 1.29 is 14.3 Å². The van der Waals surface area contributed by atoms with Crippen LogP contribution in [0.5, 0.6) is 0 Å². The van der Waals surface area contributed by atoms with E-state index in [4.69, 9.17) is 9.52 Å². The van der Waals surface area contributed by atoms with Gasteiger partial charge in [-0.25, -0.2) is 4.98 Å². The lowest BCUT2D eigenvalue weighted by atomic mass is 9.86. The number of fused-ring (bicyclic) bond motifs is 1. The number of hydrogen-bond donors (Lipinski definition) is 2. The molecule has 106 valence electrons. The summed E-state index contributed by atoms with van der Waals surface area (Å²) in [6, 6.07) is 7.90. The molecule has 1 aliphatic rings. The van der Waals surface area contributed by atoms with E-state index in [9.17, 15) is 4.79 Å². The number of carboxylic acid groups (broad SMARTS) is 1. The molecule has 0 radical (unpaired) electrons. The van der Waals surface area contributed by atoms with E-state index in [2.05, 4.69) is 10.3 Å². The predicted octanol–water partition coefficient (Wildman–Crippen LogP) is 2.56. The van der Waals surface area contributed by atoms with Crippen LogP contribution in [0.3, 0.4) is 0 Å². The highest BCUT2D eigenvalue weighted by Crippen LogP contribution is 2.25. The maximum atomic E-state index is 11.0. The van der Waals surface area contributed by atoms with Crippen molar-refractivity contribution in [2.24, 2.45) is 5.92 Å². The molecule has 0 saturated heterocycles. The average Bonchev–Trinajstić information content (AvgIpc) is 2.88. The first kappa shape index (κ1) is 13.1. The van der Waals surface area contributed by atoms with Gasteiger partial charge < -0.3 is 14.8 Å². The van der Waals surface area contributed by atoms with E-state index >= 15 is 0 Å². The minimum absolute atomic E-state index is 0.218. The first-order valence-corrected chi connectivity index (χ1v) is 7.03. The third-order valence-corrected chi connectivity index (χ3v) is 3.90. The van der Waals surface area contributed by atoms with Crippen LogP contribution in [0.1, 0.15) is 31.6 Å². The highest BCUT2D eigenvalue weighted by Gasteiger charge is 2.26. The molecule has 1 aromatic carbocycles. The first-order valence-electron chi connectivity index (χ1n) is 7.03. The number of nitrogens with zero attached hydrogens (tertiary/aromatic N) is 1. The normalized spacial score (nSPS) is 23.0. The Balaban J connectivity index is 1.60. The van der Waals surface area contributed by atoms with E-state index in [-0.39, 0.29) is 12.0 Å². The lowest BCUT2D eigenvalue weighted by Crippen LogP contribution is -2.36. The maximum absolute atomic E-state index is 11.0. The van der Waals surface area contributed by atoms with Crippen LogP contribution < -0.4 is 5.32 Å². The summed E-state index contributed by atoms with van der Waals surface area (Å²) in [6.07, 6.45) is 3.46. The van der Waals surface area contributed by atoms with Crippen LogP contribution in [0, 0.1) is 5.92 Å². The summed E-state index contributed by atoms with van der Waals surface area (Å²) in [6.45, 7) is 0.547. The van der Waals surface area contributed by atoms with E-state index in [0.29, 0.717) is 18.9 Å². The number of carboxylic acids is 1. The number of nitrogens with one attached hydrogen (secondary N) is 1. The SMILES string of the molecule is O=C(O)C1CCCC(NCc2nc3ccccc3o2)C1. The van der Waals surface area contributed by atoms with Crippen molar-refractivity contribution in [1.82, 2.24) is 10.3 Å². The van der Waals surface area contributed by atoms with Crippen molar-refractivity contribution in [1.29, 1.82) is 0 Å². The summed E-state index contributed by atoms with van der Waals surface area (Å²) in [4.78, 5) is 15.4. The zero-order valence-electron chi connectivity index (χ0n) is 11.2. The van der Waals surface area contributed by atoms with E-state index in [1.807, 2.05) is 24.3 Å². The van der Waals surface area contributed by atoms with Crippen molar-refractivity contribution in [3.63, 3.8) is 0 Å². The number of aromatic nitrogens is 1. The molecule has 1 aliphatic carbocycles. The smallest absolute Gasteiger partial charge is 0.306 e. The summed E-state index contributed by atoms with van der Waals surface area (Å²) < 4.78 is 5.64. The van der Waals surface area contributed by atoms with Gasteiger partial charge in [0.2, 0.25) is 5.89 Å². The Bertz CT molecular complexity index is 575. The highest BCUT2D eigenvalue weighted by atomic mass is 16.4. The summed E-state index contributed by atoms with van der Waals surface area (Å²) in [5.74, 6) is -0.244. The van der Waals surface area contributed by atoms with Gasteiger partial charge in [-0.1, -0.05) is 18.6 Å². The molecule has 2 unspecified atom stereocenters. The topological polar surface area (TPSA) is 75.4 Å². The lowest BCUT2D eigenvalue weighted by molar-refractivity contribution is -0.143. The average molecular weight is 274 g/mol. The van der Waals surface area contributed by atoms with Crippen LogP contribution in [0.15, 0.2) is 28.7 Å². The van der Waals surface area contributed by atoms with E-state index < -0.39 is 5.97 Å². The fraction of sp³-hybridized carbons (Fsp3) is 0.467. The molecule has 2 atom stereocenters. The van der Waals surface area contributed by atoms with Gasteiger partial charge in [-0.3, -0.25) is 4.79 Å². The Morgan fingerprint density at radius 3 is 3.05 bits per heavy atom. The van der Waals surface area contributed by atoms with E-state index in [1.165, 1.54) is 0 Å². The highest BCUT2D eigenvalue weighted by molar-refractivity contribution is 5.72. The first-order chi connectivity index (χ1) is 9.72. The zero-order valence-corrected chi connectivity index (χ0v) is 11.2. The van der Waals surface area contributed by atoms with Crippen LogP contribution in [0.2, 0.25) is 0 Å². The number of para-hydroxylation sites is 2. The Labute approximate surface area is 117 Å². The van der Waals surface area contributed by atoms with Gasteiger partial charge in [0, 0.05) is 6.04 Å². The molecule has 1 saturated carbocycles. The minimum Gasteiger partial charge on any atom is -0.481 e. The summed E-state index contributed by atoms with van der Waals surface area (Å²) in [7, 11) is 0. The molecule has 20 heavy (non-hydrogen) atoms. The van der Waals surface area contributed by atoms with Gasteiger partial charge in [0.15, 0.2) is 5.58 Å². The number of carbonyl (C=O) groups is 1. The molecule has 2 aromatic rings. The predicted molar refractivity (Wildman–Crippen MR) is 74.2 cm³/mol. The van der Waals surface area contributed by atoms with Gasteiger partial charge >= 0.3 is 5.97 Å². The monoisotopic (exact) mass is 274 g/mol. The second kappa shape index (κ2) is 5.63. The van der Waals surface area contributed by atoms with Crippen molar-refractivity contribution in [2.45, 2.75) is 38.3 Å². The Hall–Kier alpha value is -1.88. The molecule has 1 fully saturated rings. The van der Waals surface area contributed by atoms with Crippen molar-refractivity contribution in [2.75, 3.05) is 0 Å². The fourth-order valence-electron chi connectivity index (χ4n) is 2.83. The lowest BCUT2D eigenvalue weighted by Gasteiger charge is -2.26. The van der Waals surface area contributed by atoms with Crippen molar-refractivity contribution in [3.8, 4) is 0 Å². The molecule has 0 aliphatic heterocycles. The Morgan fingerprint density at radius 1 is 1.40 bits per heavy atom. The second-order valence-electron chi connectivity index (χ2n) is 5.35. The van der Waals surface area contributed by atoms with Gasteiger partial charge in [0.25, 0.3) is 0 Å². The Morgan fingerprint density at radius 2 is 2.25 bits per heavy atom. The van der Waals surface area contributed by atoms with Crippen LogP contribution in [0.25, 0.3) is 11.1 Å². The third-order valence-electron chi connectivity index (χ3n) is 3.90. The third kappa shape index (κ3) is 2.82. The van der Waals surface area contributed by atoms with Crippen LogP contribution in [0.4, 0.5) is 0 Å². The zero-order chi connectivity index (χ0) is 13.9. The van der Waals surface area contributed by atoms with Gasteiger partial charge in [0.1, 0.15) is 5.52 Å². The summed E-state index contributed by atoms with van der Waals surface area (Å²) >= 11 is 0. The number of benzene rings is 1. The van der Waals surface area contributed by atoms with E-state index in [1.54, 1.807) is 0 Å². The van der Waals surface area contributed by atoms with E-state index in [0.717, 1.165) is 30.4 Å². The van der Waals surface area contributed by atoms with Crippen LogP contribution >= 0.6 is 0 Å². The fourth-order valence-corrected chi connectivity index (χ4v) is 2.83. The largest absolute Gasteiger partial charge is 0.481 e. The van der Waals surface area contributed by atoms with Gasteiger partial charge in [-0.2, -0.15) is 0 Å². The standard InChI is InChI=1S/C15H18N2O3/c18-15(19)10-4-3-5-11(8-10)16-9-14-17-12-6-1-2-7-13(12)20-14/h1-2,6-7,10-11,16H,3-5,8-9H2,(H,18,19). The van der Waals surface area contributed by atoms with Crippen LogP contribution in [-0.4, -0.2) is 22.1 Å². The molecule has 0 amide bonds. The number of aliphatic carboxylic acids is 1. The summed E-state index contributed by atoms with van der Waals surface area (Å²) in [5.41, 5.74) is 1.65. The number of rotatable bonds is 4. The van der Waals surface area contributed by atoms with Gasteiger partial charge in [-0.05, 0) is 31.4 Å². The number of hydrogen-bond acceptors (Lipinski definition) is 4. The molecule has 5 nitrogen and oxygen atoms in total. The molecule has 1 heterocycles. The maximum Gasteiger partial charge on any atom is 0.306 e. The summed E-state index contributed by atoms with van der Waals surface area (Å²) in [5, 5.41) is 12.4. The molecule has 5 heteroatoms. The quantitative estimate of drug-likeness (QED) is 0.896. The molecule has 0 spiro atoms. The molecule has 2 N–H and O–H groups in total. The van der Waals surface area contributed by atoms with Crippen molar-refractivity contribution >= 4 is 17.1 Å². The Kier molecular flexibility index (Phi) is 3.69. The molecular weight excluding hydrogens is 256 g/mol. The molecule has 1 aromatic heterocycles. The van der Waals surface area contributed by atoms with Gasteiger partial charge in [0.05, 0.1) is 12.5 Å².